The van der Waals surface area contributed by atoms with Crippen LogP contribution in [-0.2, 0) is 0 Å². The van der Waals surface area contributed by atoms with Crippen molar-refractivity contribution in [2.75, 3.05) is 0 Å². The molecule has 1 unspecified atom stereocenters. The zero-order valence-electron chi connectivity index (χ0n) is 10.8. The Morgan fingerprint density at radius 3 is 2.85 bits per heavy atom. The van der Waals surface area contributed by atoms with Gasteiger partial charge in [0.15, 0.2) is 5.58 Å². The van der Waals surface area contributed by atoms with Gasteiger partial charge in [-0.25, -0.2) is 4.79 Å². The van der Waals surface area contributed by atoms with Gasteiger partial charge in [-0.2, -0.15) is 0 Å². The van der Waals surface area contributed by atoms with E-state index in [9.17, 15) is 4.79 Å². The second-order valence-electron chi connectivity index (χ2n) is 4.75. The highest BCUT2D eigenvalue weighted by Gasteiger charge is 2.13. The van der Waals surface area contributed by atoms with Crippen molar-refractivity contribution in [3.8, 4) is 0 Å². The lowest BCUT2D eigenvalue weighted by Crippen LogP contribution is -2.13. The number of fused-ring (bicyclic) bond motifs is 1. The van der Waals surface area contributed by atoms with Crippen molar-refractivity contribution >= 4 is 27.0 Å². The number of H-pyrrole nitrogens is 1. The third kappa shape index (κ3) is 2.30. The van der Waals surface area contributed by atoms with Gasteiger partial charge in [0.2, 0.25) is 0 Å². The number of aryl methyl sites for hydroxylation is 1. The van der Waals surface area contributed by atoms with Crippen LogP contribution in [0.4, 0.5) is 0 Å². The zero-order valence-corrected chi connectivity index (χ0v) is 12.4. The Balaban J connectivity index is 2.09. The summed E-state index contributed by atoms with van der Waals surface area (Å²) >= 11 is 3.46. The predicted molar refractivity (Wildman–Crippen MR) is 81.7 cm³/mol. The van der Waals surface area contributed by atoms with Crippen LogP contribution in [0.25, 0.3) is 11.1 Å². The normalized spacial score (nSPS) is 12.8. The van der Waals surface area contributed by atoms with Crippen LogP contribution in [0.3, 0.4) is 0 Å². The smallest absolute Gasteiger partial charge is 0.408 e. The van der Waals surface area contributed by atoms with Crippen molar-refractivity contribution in [1.82, 2.24) is 4.98 Å². The van der Waals surface area contributed by atoms with E-state index in [2.05, 4.69) is 20.9 Å². The van der Waals surface area contributed by atoms with Gasteiger partial charge in [0, 0.05) is 4.47 Å². The van der Waals surface area contributed by atoms with E-state index in [-0.39, 0.29) is 6.04 Å². The summed E-state index contributed by atoms with van der Waals surface area (Å²) in [5.41, 5.74) is 10.6. The van der Waals surface area contributed by atoms with E-state index in [4.69, 9.17) is 10.2 Å². The molecule has 20 heavy (non-hydrogen) atoms. The first-order valence-corrected chi connectivity index (χ1v) is 6.98. The molecule has 1 atom stereocenters. The molecule has 0 aliphatic rings. The highest BCUT2D eigenvalue weighted by Crippen LogP contribution is 2.27. The van der Waals surface area contributed by atoms with Gasteiger partial charge < -0.3 is 10.2 Å². The van der Waals surface area contributed by atoms with Crippen LogP contribution in [0.5, 0.6) is 0 Å². The van der Waals surface area contributed by atoms with Gasteiger partial charge >= 0.3 is 5.76 Å². The Morgan fingerprint density at radius 2 is 2.05 bits per heavy atom. The number of halogens is 1. The molecule has 5 heteroatoms. The fraction of sp³-hybridized carbons (Fsp3) is 0.133. The molecule has 102 valence electrons. The molecule has 0 amide bonds. The van der Waals surface area contributed by atoms with E-state index in [0.29, 0.717) is 11.1 Å². The van der Waals surface area contributed by atoms with Crippen LogP contribution in [0.1, 0.15) is 22.7 Å². The number of hydrogen-bond donors (Lipinski definition) is 2. The van der Waals surface area contributed by atoms with Gasteiger partial charge in [0.1, 0.15) is 0 Å². The Kier molecular flexibility index (Phi) is 3.23. The molecule has 1 heterocycles. The van der Waals surface area contributed by atoms with Crippen molar-refractivity contribution in [2.24, 2.45) is 5.73 Å². The van der Waals surface area contributed by atoms with Crippen LogP contribution in [0.2, 0.25) is 0 Å². The molecule has 2 aromatic carbocycles. The van der Waals surface area contributed by atoms with Gasteiger partial charge in [-0.3, -0.25) is 4.98 Å². The quantitative estimate of drug-likeness (QED) is 0.756. The van der Waals surface area contributed by atoms with Crippen LogP contribution < -0.4 is 11.5 Å². The molecule has 3 rings (SSSR count). The Bertz CT molecular complexity index is 835. The first-order chi connectivity index (χ1) is 9.54. The summed E-state index contributed by atoms with van der Waals surface area (Å²) < 4.78 is 6.06. The third-order valence-electron chi connectivity index (χ3n) is 3.38. The minimum atomic E-state index is -0.454. The van der Waals surface area contributed by atoms with Crippen LogP contribution in [0, 0.1) is 6.92 Å². The molecule has 0 aliphatic heterocycles. The van der Waals surface area contributed by atoms with Crippen molar-refractivity contribution < 1.29 is 4.42 Å². The van der Waals surface area contributed by atoms with Gasteiger partial charge in [-0.15, -0.1) is 0 Å². The first-order valence-electron chi connectivity index (χ1n) is 6.19. The maximum atomic E-state index is 11.2. The molecule has 3 aromatic rings. The number of nitrogens with two attached hydrogens (primary N) is 1. The van der Waals surface area contributed by atoms with Gasteiger partial charge in [-0.05, 0) is 47.9 Å². The summed E-state index contributed by atoms with van der Waals surface area (Å²) in [6.07, 6.45) is 0. The highest BCUT2D eigenvalue weighted by molar-refractivity contribution is 9.10. The second kappa shape index (κ2) is 4.92. The zero-order chi connectivity index (χ0) is 14.3. The van der Waals surface area contributed by atoms with E-state index >= 15 is 0 Å². The molecule has 0 aliphatic carbocycles. The molecule has 3 N–H and O–H groups in total. The second-order valence-corrected chi connectivity index (χ2v) is 5.66. The van der Waals surface area contributed by atoms with E-state index in [1.54, 1.807) is 6.07 Å². The Hall–Kier alpha value is -1.85. The summed E-state index contributed by atoms with van der Waals surface area (Å²) in [4.78, 5) is 13.8. The summed E-state index contributed by atoms with van der Waals surface area (Å²) in [7, 11) is 0. The summed E-state index contributed by atoms with van der Waals surface area (Å²) in [6, 6.07) is 11.3. The van der Waals surface area contributed by atoms with E-state index in [1.165, 1.54) is 0 Å². The van der Waals surface area contributed by atoms with Gasteiger partial charge in [0.05, 0.1) is 11.6 Å². The first kappa shape index (κ1) is 13.1. The van der Waals surface area contributed by atoms with Crippen LogP contribution in [-0.4, -0.2) is 4.98 Å². The molecule has 1 aromatic heterocycles. The molecular weight excluding hydrogens is 320 g/mol. The number of rotatable bonds is 2. The number of oxazole rings is 1. The molecule has 0 bridgehead atoms. The maximum Gasteiger partial charge on any atom is 0.417 e. The minimum absolute atomic E-state index is 0.267. The molecule has 0 spiro atoms. The van der Waals surface area contributed by atoms with Gasteiger partial charge in [-0.1, -0.05) is 28.1 Å². The average molecular weight is 333 g/mol. The SMILES string of the molecule is Cc1ccc(Br)cc1C(N)c1ccc2[nH]c(=O)oc2c1. The number of aromatic nitrogens is 1. The third-order valence-corrected chi connectivity index (χ3v) is 3.87. The summed E-state index contributed by atoms with van der Waals surface area (Å²) in [6.45, 7) is 2.02. The molecular formula is C15H13BrN2O2. The molecule has 0 saturated heterocycles. The lowest BCUT2D eigenvalue weighted by molar-refractivity contribution is 0.555. The Labute approximate surface area is 123 Å². The fourth-order valence-electron chi connectivity index (χ4n) is 2.28. The van der Waals surface area contributed by atoms with E-state index in [0.717, 1.165) is 21.2 Å². The van der Waals surface area contributed by atoms with E-state index < -0.39 is 5.76 Å². The lowest BCUT2D eigenvalue weighted by atomic mass is 9.96. The van der Waals surface area contributed by atoms with Crippen molar-refractivity contribution in [1.29, 1.82) is 0 Å². The van der Waals surface area contributed by atoms with E-state index in [1.807, 2.05) is 37.3 Å². The van der Waals surface area contributed by atoms with Crippen LogP contribution in [0.15, 0.2) is 50.1 Å². The Morgan fingerprint density at radius 1 is 1.25 bits per heavy atom. The fourth-order valence-corrected chi connectivity index (χ4v) is 2.66. The largest absolute Gasteiger partial charge is 0.417 e. The maximum absolute atomic E-state index is 11.2. The van der Waals surface area contributed by atoms with Crippen molar-refractivity contribution in [3.63, 3.8) is 0 Å². The lowest BCUT2D eigenvalue weighted by Gasteiger charge is -2.15. The molecule has 0 fully saturated rings. The number of aromatic amines is 1. The number of hydrogen-bond acceptors (Lipinski definition) is 3. The molecule has 0 saturated carbocycles. The predicted octanol–water partition coefficient (Wildman–Crippen LogP) is 3.24. The number of nitrogens with one attached hydrogen (secondary N) is 1. The van der Waals surface area contributed by atoms with Gasteiger partial charge in [0.25, 0.3) is 0 Å². The number of benzene rings is 2. The topological polar surface area (TPSA) is 72.0 Å². The standard InChI is InChI=1S/C15H13BrN2O2/c1-8-2-4-10(16)7-11(8)14(17)9-3-5-12-13(6-9)20-15(19)18-12/h2-7,14H,17H2,1H3,(H,18,19). The molecule has 0 radical (unpaired) electrons. The molecule has 4 nitrogen and oxygen atoms in total. The average Bonchev–Trinajstić information content (AvgIpc) is 2.79. The van der Waals surface area contributed by atoms with Crippen LogP contribution >= 0.6 is 15.9 Å². The monoisotopic (exact) mass is 332 g/mol. The van der Waals surface area contributed by atoms with Crippen molar-refractivity contribution in [2.45, 2.75) is 13.0 Å². The minimum Gasteiger partial charge on any atom is -0.408 e. The highest BCUT2D eigenvalue weighted by atomic mass is 79.9. The summed E-state index contributed by atoms with van der Waals surface area (Å²) in [5.74, 6) is -0.454. The summed E-state index contributed by atoms with van der Waals surface area (Å²) in [5, 5.41) is 0. The van der Waals surface area contributed by atoms with Crippen molar-refractivity contribution in [3.05, 3.63) is 68.1 Å².